The van der Waals surface area contributed by atoms with Crippen LogP contribution in [0.5, 0.6) is 0 Å². The predicted octanol–water partition coefficient (Wildman–Crippen LogP) is 1.96. The fraction of sp³-hybridized carbons (Fsp3) is 0.750. The molecule has 0 saturated carbocycles. The van der Waals surface area contributed by atoms with Crippen LogP contribution in [-0.2, 0) is 0 Å². The van der Waals surface area contributed by atoms with Gasteiger partial charge in [0.1, 0.15) is 0 Å². The number of nitrogens with zero attached hydrogens (tertiary/aromatic N) is 1. The largest absolute Gasteiger partial charge is 0.293 e. The first-order chi connectivity index (χ1) is 4.75. The topological polar surface area (TPSA) is 3.24 Å². The summed E-state index contributed by atoms with van der Waals surface area (Å²) in [4.78, 5) is 2.40. The third-order valence-electron chi connectivity index (χ3n) is 2.06. The average molecular weight is 157 g/mol. The second-order valence-electron chi connectivity index (χ2n) is 2.85. The van der Waals surface area contributed by atoms with E-state index in [1.807, 2.05) is 17.8 Å². The van der Waals surface area contributed by atoms with Crippen molar-refractivity contribution in [1.29, 1.82) is 0 Å². The third kappa shape index (κ3) is 1.55. The minimum Gasteiger partial charge on any atom is -0.293 e. The summed E-state index contributed by atoms with van der Waals surface area (Å²) in [5.74, 6) is 1.18. The molecule has 0 aromatic rings. The Morgan fingerprint density at radius 2 is 2.50 bits per heavy atom. The molecule has 58 valence electrons. The molecule has 1 fully saturated rings. The van der Waals surface area contributed by atoms with Gasteiger partial charge in [-0.3, -0.25) is 4.90 Å². The molecule has 1 saturated heterocycles. The van der Waals surface area contributed by atoms with Gasteiger partial charge in [0.25, 0.3) is 0 Å². The van der Waals surface area contributed by atoms with Crippen LogP contribution in [-0.4, -0.2) is 29.1 Å². The molecule has 2 heteroatoms. The van der Waals surface area contributed by atoms with Gasteiger partial charge in [-0.2, -0.15) is 0 Å². The summed E-state index contributed by atoms with van der Waals surface area (Å²) in [6.07, 6.45) is 3.15. The SMILES string of the molecule is C=CC[C@@H]1C(C)SCN1C. The summed E-state index contributed by atoms with van der Waals surface area (Å²) in [6.45, 7) is 6.05. The molecule has 0 bridgehead atoms. The summed E-state index contributed by atoms with van der Waals surface area (Å²) in [7, 11) is 2.19. The summed E-state index contributed by atoms with van der Waals surface area (Å²) in [5.41, 5.74) is 0. The zero-order valence-corrected chi connectivity index (χ0v) is 7.53. The van der Waals surface area contributed by atoms with Crippen molar-refractivity contribution in [3.8, 4) is 0 Å². The van der Waals surface area contributed by atoms with E-state index in [2.05, 4.69) is 25.5 Å². The van der Waals surface area contributed by atoms with Gasteiger partial charge in [0, 0.05) is 17.2 Å². The van der Waals surface area contributed by atoms with Crippen LogP contribution in [0.1, 0.15) is 13.3 Å². The minimum absolute atomic E-state index is 0.725. The highest BCUT2D eigenvalue weighted by Crippen LogP contribution is 2.28. The lowest BCUT2D eigenvalue weighted by Crippen LogP contribution is -2.29. The Bertz CT molecular complexity index is 114. The second-order valence-corrected chi connectivity index (χ2v) is 4.18. The summed E-state index contributed by atoms with van der Waals surface area (Å²) < 4.78 is 0. The molecule has 1 unspecified atom stereocenters. The summed E-state index contributed by atoms with van der Waals surface area (Å²) in [6, 6.07) is 0.725. The van der Waals surface area contributed by atoms with Gasteiger partial charge in [0.2, 0.25) is 0 Å². The van der Waals surface area contributed by atoms with Gasteiger partial charge < -0.3 is 0 Å². The zero-order valence-electron chi connectivity index (χ0n) is 6.71. The molecule has 0 N–H and O–H groups in total. The number of hydrogen-bond acceptors (Lipinski definition) is 2. The van der Waals surface area contributed by atoms with Gasteiger partial charge >= 0.3 is 0 Å². The van der Waals surface area contributed by atoms with Gasteiger partial charge in [0.15, 0.2) is 0 Å². The van der Waals surface area contributed by atoms with Crippen molar-refractivity contribution in [1.82, 2.24) is 4.90 Å². The van der Waals surface area contributed by atoms with Crippen LogP contribution in [0.4, 0.5) is 0 Å². The summed E-state index contributed by atoms with van der Waals surface area (Å²) >= 11 is 2.03. The van der Waals surface area contributed by atoms with Crippen LogP contribution in [0.3, 0.4) is 0 Å². The summed E-state index contributed by atoms with van der Waals surface area (Å²) in [5, 5.41) is 0.781. The van der Waals surface area contributed by atoms with Crippen molar-refractivity contribution in [3.05, 3.63) is 12.7 Å². The molecular weight excluding hydrogens is 142 g/mol. The molecule has 0 spiro atoms. The van der Waals surface area contributed by atoms with Gasteiger partial charge in [-0.15, -0.1) is 18.3 Å². The predicted molar refractivity (Wildman–Crippen MR) is 48.3 cm³/mol. The molecule has 2 atom stereocenters. The van der Waals surface area contributed by atoms with Crippen LogP contribution in [0.15, 0.2) is 12.7 Å². The van der Waals surface area contributed by atoms with Gasteiger partial charge in [-0.1, -0.05) is 13.0 Å². The Morgan fingerprint density at radius 3 is 2.90 bits per heavy atom. The minimum atomic E-state index is 0.725. The van der Waals surface area contributed by atoms with Crippen molar-refractivity contribution in [2.45, 2.75) is 24.6 Å². The smallest absolute Gasteiger partial charge is 0.0448 e. The van der Waals surface area contributed by atoms with E-state index in [-0.39, 0.29) is 0 Å². The zero-order chi connectivity index (χ0) is 7.56. The van der Waals surface area contributed by atoms with Crippen LogP contribution in [0, 0.1) is 0 Å². The quantitative estimate of drug-likeness (QED) is 0.564. The van der Waals surface area contributed by atoms with Gasteiger partial charge in [0.05, 0.1) is 0 Å². The van der Waals surface area contributed by atoms with Crippen molar-refractivity contribution in [3.63, 3.8) is 0 Å². The Labute approximate surface area is 67.5 Å². The monoisotopic (exact) mass is 157 g/mol. The molecular formula is C8H15NS. The van der Waals surface area contributed by atoms with Crippen LogP contribution in [0.2, 0.25) is 0 Å². The Balaban J connectivity index is 2.45. The first kappa shape index (κ1) is 8.15. The highest BCUT2D eigenvalue weighted by molar-refractivity contribution is 8.00. The molecule has 10 heavy (non-hydrogen) atoms. The third-order valence-corrected chi connectivity index (χ3v) is 3.45. The highest BCUT2D eigenvalue weighted by Gasteiger charge is 2.27. The first-order valence-electron chi connectivity index (χ1n) is 3.68. The van der Waals surface area contributed by atoms with E-state index in [0.29, 0.717) is 0 Å². The molecule has 1 aliphatic rings. The lowest BCUT2D eigenvalue weighted by molar-refractivity contribution is 0.303. The maximum absolute atomic E-state index is 3.76. The van der Waals surface area contributed by atoms with E-state index in [9.17, 15) is 0 Å². The van der Waals surface area contributed by atoms with Crippen molar-refractivity contribution in [2.24, 2.45) is 0 Å². The van der Waals surface area contributed by atoms with E-state index in [4.69, 9.17) is 0 Å². The first-order valence-corrected chi connectivity index (χ1v) is 4.73. The number of hydrogen-bond donors (Lipinski definition) is 0. The van der Waals surface area contributed by atoms with E-state index in [1.54, 1.807) is 0 Å². The number of rotatable bonds is 2. The molecule has 1 nitrogen and oxygen atoms in total. The van der Waals surface area contributed by atoms with E-state index in [1.165, 1.54) is 5.88 Å². The Hall–Kier alpha value is 0.0500. The van der Waals surface area contributed by atoms with Crippen LogP contribution >= 0.6 is 11.8 Å². The standard InChI is InChI=1S/C8H15NS/c1-4-5-8-7(2)10-6-9(8)3/h4,7-8H,1,5-6H2,2-3H3/t7?,8-/m1/s1. The lowest BCUT2D eigenvalue weighted by Gasteiger charge is -2.19. The van der Waals surface area contributed by atoms with Crippen molar-refractivity contribution >= 4 is 11.8 Å². The van der Waals surface area contributed by atoms with Crippen LogP contribution in [0.25, 0.3) is 0 Å². The van der Waals surface area contributed by atoms with Crippen molar-refractivity contribution < 1.29 is 0 Å². The maximum Gasteiger partial charge on any atom is 0.0448 e. The molecule has 1 aliphatic heterocycles. The average Bonchev–Trinajstić information content (AvgIpc) is 2.20. The molecule has 0 aromatic carbocycles. The molecule has 1 rings (SSSR count). The molecule has 0 aliphatic carbocycles. The van der Waals surface area contributed by atoms with Gasteiger partial charge in [-0.05, 0) is 13.5 Å². The second kappa shape index (κ2) is 3.44. The van der Waals surface area contributed by atoms with Crippen molar-refractivity contribution in [2.75, 3.05) is 12.9 Å². The van der Waals surface area contributed by atoms with Gasteiger partial charge in [-0.25, -0.2) is 0 Å². The maximum atomic E-state index is 3.76. The normalized spacial score (nSPS) is 34.6. The molecule has 0 radical (unpaired) electrons. The Kier molecular flexibility index (Phi) is 2.81. The molecule has 0 amide bonds. The van der Waals surface area contributed by atoms with Crippen LogP contribution < -0.4 is 0 Å². The van der Waals surface area contributed by atoms with E-state index < -0.39 is 0 Å². The fourth-order valence-corrected chi connectivity index (χ4v) is 2.55. The lowest BCUT2D eigenvalue weighted by atomic mass is 10.1. The molecule has 1 heterocycles. The number of thioether (sulfide) groups is 1. The highest BCUT2D eigenvalue weighted by atomic mass is 32.2. The van der Waals surface area contributed by atoms with E-state index >= 15 is 0 Å². The van der Waals surface area contributed by atoms with E-state index in [0.717, 1.165) is 17.7 Å². The Morgan fingerprint density at radius 1 is 1.80 bits per heavy atom. The molecule has 0 aromatic heterocycles. The fourth-order valence-electron chi connectivity index (χ4n) is 1.34.